The molecule has 1 fully saturated rings. The first-order chi connectivity index (χ1) is 7.42. The maximum absolute atomic E-state index is 12.3. The Hall–Kier alpha value is -0.570. The van der Waals surface area contributed by atoms with Crippen LogP contribution in [0, 0.1) is 11.3 Å². The van der Waals surface area contributed by atoms with Crippen molar-refractivity contribution in [3.63, 3.8) is 0 Å². The van der Waals surface area contributed by atoms with Gasteiger partial charge >= 0.3 is 0 Å². The molecule has 0 aromatic carbocycles. The van der Waals surface area contributed by atoms with Crippen LogP contribution in [0.3, 0.4) is 0 Å². The maximum atomic E-state index is 12.3. The molecule has 3 heteroatoms. The van der Waals surface area contributed by atoms with Gasteiger partial charge in [-0.2, -0.15) is 0 Å². The van der Waals surface area contributed by atoms with E-state index < -0.39 is 0 Å². The SMILES string of the molecule is CCC1CN(C(=O)C(C)(C)CC)CCC1O. The number of rotatable bonds is 3. The van der Waals surface area contributed by atoms with Crippen molar-refractivity contribution in [2.24, 2.45) is 11.3 Å². The predicted molar refractivity (Wildman–Crippen MR) is 65.1 cm³/mol. The molecule has 1 amide bonds. The number of amides is 1. The van der Waals surface area contributed by atoms with Gasteiger partial charge in [-0.1, -0.05) is 27.7 Å². The summed E-state index contributed by atoms with van der Waals surface area (Å²) in [6.45, 7) is 9.56. The molecule has 1 aliphatic rings. The van der Waals surface area contributed by atoms with Crippen LogP contribution in [-0.4, -0.2) is 35.1 Å². The highest BCUT2D eigenvalue weighted by Crippen LogP contribution is 2.27. The summed E-state index contributed by atoms with van der Waals surface area (Å²) in [7, 11) is 0. The molecule has 0 radical (unpaired) electrons. The van der Waals surface area contributed by atoms with Crippen LogP contribution in [0.15, 0.2) is 0 Å². The van der Waals surface area contributed by atoms with Crippen LogP contribution in [0.25, 0.3) is 0 Å². The van der Waals surface area contributed by atoms with Crippen LogP contribution >= 0.6 is 0 Å². The lowest BCUT2D eigenvalue weighted by molar-refractivity contribution is -0.144. The van der Waals surface area contributed by atoms with Crippen LogP contribution in [0.1, 0.15) is 47.0 Å². The molecule has 0 bridgehead atoms. The summed E-state index contributed by atoms with van der Waals surface area (Å²) in [6.07, 6.45) is 2.31. The van der Waals surface area contributed by atoms with Gasteiger partial charge in [0.2, 0.25) is 5.91 Å². The summed E-state index contributed by atoms with van der Waals surface area (Å²) < 4.78 is 0. The van der Waals surface area contributed by atoms with E-state index >= 15 is 0 Å². The van der Waals surface area contributed by atoms with E-state index in [9.17, 15) is 9.90 Å². The monoisotopic (exact) mass is 227 g/mol. The van der Waals surface area contributed by atoms with Gasteiger partial charge in [0.05, 0.1) is 6.10 Å². The zero-order valence-electron chi connectivity index (χ0n) is 11.0. The van der Waals surface area contributed by atoms with Gasteiger partial charge in [-0.3, -0.25) is 4.79 Å². The fourth-order valence-electron chi connectivity index (χ4n) is 2.18. The number of likely N-dealkylation sites (tertiary alicyclic amines) is 1. The standard InChI is InChI=1S/C13H25NO2/c1-5-10-9-14(8-7-11(10)15)12(16)13(3,4)6-2/h10-11,15H,5-9H2,1-4H3. The van der Waals surface area contributed by atoms with Gasteiger partial charge in [-0.05, 0) is 19.3 Å². The minimum Gasteiger partial charge on any atom is -0.393 e. The minimum absolute atomic E-state index is 0.223. The molecule has 1 saturated heterocycles. The van der Waals surface area contributed by atoms with E-state index in [1.54, 1.807) is 0 Å². The Labute approximate surface area is 98.8 Å². The summed E-state index contributed by atoms with van der Waals surface area (Å²) >= 11 is 0. The van der Waals surface area contributed by atoms with E-state index in [0.717, 1.165) is 25.8 Å². The number of hydrogen-bond donors (Lipinski definition) is 1. The lowest BCUT2D eigenvalue weighted by atomic mass is 9.85. The summed E-state index contributed by atoms with van der Waals surface area (Å²) in [6, 6.07) is 0. The van der Waals surface area contributed by atoms with Gasteiger partial charge in [-0.25, -0.2) is 0 Å². The molecule has 3 nitrogen and oxygen atoms in total. The van der Waals surface area contributed by atoms with Crippen molar-refractivity contribution in [2.45, 2.75) is 53.1 Å². The topological polar surface area (TPSA) is 40.5 Å². The molecule has 1 heterocycles. The van der Waals surface area contributed by atoms with Crippen LogP contribution in [0.4, 0.5) is 0 Å². The van der Waals surface area contributed by atoms with E-state index in [-0.39, 0.29) is 23.3 Å². The second kappa shape index (κ2) is 5.17. The highest BCUT2D eigenvalue weighted by molar-refractivity contribution is 5.82. The number of nitrogens with zero attached hydrogens (tertiary/aromatic N) is 1. The number of hydrogen-bond acceptors (Lipinski definition) is 2. The number of aliphatic hydroxyl groups excluding tert-OH is 1. The quantitative estimate of drug-likeness (QED) is 0.801. The zero-order chi connectivity index (χ0) is 12.3. The van der Waals surface area contributed by atoms with Crippen LogP contribution in [-0.2, 0) is 4.79 Å². The molecule has 0 aromatic heterocycles. The summed E-state index contributed by atoms with van der Waals surface area (Å²) in [5, 5.41) is 9.79. The van der Waals surface area contributed by atoms with Gasteiger partial charge in [0, 0.05) is 24.4 Å². The molecule has 0 spiro atoms. The van der Waals surface area contributed by atoms with Crippen molar-refractivity contribution in [1.82, 2.24) is 4.90 Å². The van der Waals surface area contributed by atoms with E-state index in [2.05, 4.69) is 6.92 Å². The molecule has 16 heavy (non-hydrogen) atoms. The molecule has 2 unspecified atom stereocenters. The second-order valence-corrected chi connectivity index (χ2v) is 5.51. The number of carbonyl (C=O) groups excluding carboxylic acids is 1. The van der Waals surface area contributed by atoms with E-state index in [0.29, 0.717) is 6.54 Å². The largest absolute Gasteiger partial charge is 0.393 e. The Bertz CT molecular complexity index is 250. The number of carbonyl (C=O) groups is 1. The summed E-state index contributed by atoms with van der Waals surface area (Å²) in [4.78, 5) is 14.2. The molecule has 1 N–H and O–H groups in total. The molecule has 0 saturated carbocycles. The Morgan fingerprint density at radius 2 is 2.06 bits per heavy atom. The van der Waals surface area contributed by atoms with Crippen LogP contribution in [0.5, 0.6) is 0 Å². The van der Waals surface area contributed by atoms with Crippen molar-refractivity contribution in [3.8, 4) is 0 Å². The van der Waals surface area contributed by atoms with E-state index in [4.69, 9.17) is 0 Å². The van der Waals surface area contributed by atoms with Crippen molar-refractivity contribution in [2.75, 3.05) is 13.1 Å². The molecule has 94 valence electrons. The summed E-state index contributed by atoms with van der Waals surface area (Å²) in [5.74, 6) is 0.491. The lowest BCUT2D eigenvalue weighted by Crippen LogP contribution is -2.49. The Balaban J connectivity index is 2.65. The van der Waals surface area contributed by atoms with Crippen LogP contribution in [0.2, 0.25) is 0 Å². The fourth-order valence-corrected chi connectivity index (χ4v) is 2.18. The highest BCUT2D eigenvalue weighted by Gasteiger charge is 2.35. The van der Waals surface area contributed by atoms with E-state index in [1.807, 2.05) is 25.7 Å². The lowest BCUT2D eigenvalue weighted by Gasteiger charge is -2.39. The van der Waals surface area contributed by atoms with E-state index in [1.165, 1.54) is 0 Å². The normalized spacial score (nSPS) is 26.9. The highest BCUT2D eigenvalue weighted by atomic mass is 16.3. The van der Waals surface area contributed by atoms with Crippen LogP contribution < -0.4 is 0 Å². The second-order valence-electron chi connectivity index (χ2n) is 5.51. The summed E-state index contributed by atoms with van der Waals surface area (Å²) in [5.41, 5.74) is -0.263. The average Bonchev–Trinajstić information content (AvgIpc) is 2.28. The molecule has 1 aliphatic heterocycles. The van der Waals surface area contributed by atoms with Crippen molar-refractivity contribution in [1.29, 1.82) is 0 Å². The number of piperidine rings is 1. The molecule has 2 atom stereocenters. The molecular formula is C13H25NO2. The Morgan fingerprint density at radius 1 is 1.44 bits per heavy atom. The molecular weight excluding hydrogens is 202 g/mol. The van der Waals surface area contributed by atoms with Crippen molar-refractivity contribution >= 4 is 5.91 Å². The smallest absolute Gasteiger partial charge is 0.228 e. The Kier molecular flexibility index (Phi) is 4.36. The maximum Gasteiger partial charge on any atom is 0.228 e. The first-order valence-electron chi connectivity index (χ1n) is 6.39. The van der Waals surface area contributed by atoms with Gasteiger partial charge in [0.25, 0.3) is 0 Å². The van der Waals surface area contributed by atoms with Crippen molar-refractivity contribution in [3.05, 3.63) is 0 Å². The Morgan fingerprint density at radius 3 is 2.56 bits per heavy atom. The zero-order valence-corrected chi connectivity index (χ0v) is 11.0. The first-order valence-corrected chi connectivity index (χ1v) is 6.39. The molecule has 1 rings (SSSR count). The van der Waals surface area contributed by atoms with Gasteiger partial charge in [0.1, 0.15) is 0 Å². The third kappa shape index (κ3) is 2.76. The number of aliphatic hydroxyl groups is 1. The molecule has 0 aliphatic carbocycles. The van der Waals surface area contributed by atoms with Gasteiger partial charge in [-0.15, -0.1) is 0 Å². The van der Waals surface area contributed by atoms with Crippen molar-refractivity contribution < 1.29 is 9.90 Å². The third-order valence-corrected chi connectivity index (χ3v) is 3.97. The fraction of sp³-hybridized carbons (Fsp3) is 0.923. The van der Waals surface area contributed by atoms with Gasteiger partial charge in [0.15, 0.2) is 0 Å². The average molecular weight is 227 g/mol. The first kappa shape index (κ1) is 13.5. The minimum atomic E-state index is -0.263. The predicted octanol–water partition coefficient (Wildman–Crippen LogP) is 2.04. The third-order valence-electron chi connectivity index (χ3n) is 3.97. The molecule has 0 aromatic rings. The van der Waals surface area contributed by atoms with Gasteiger partial charge < -0.3 is 10.0 Å².